The zero-order valence-electron chi connectivity index (χ0n) is 17.6. The second-order valence-corrected chi connectivity index (χ2v) is 8.17. The van der Waals surface area contributed by atoms with E-state index < -0.39 is 47.7 Å². The number of nitrogens with zero attached hydrogens (tertiary/aromatic N) is 2. The van der Waals surface area contributed by atoms with E-state index in [4.69, 9.17) is 16.9 Å². The SMILES string of the molecule is C=CC1(NC(=O)C(=O)c2c(C)c(C(=O)Nc3ccc(F)c(C#N)c3)n(C)c2Cl)CC(F)(F)C1. The Morgan fingerprint density at radius 2 is 1.94 bits per heavy atom. The van der Waals surface area contributed by atoms with E-state index in [1.165, 1.54) is 24.6 Å². The van der Waals surface area contributed by atoms with E-state index in [0.717, 1.165) is 18.2 Å². The van der Waals surface area contributed by atoms with Crippen molar-refractivity contribution in [3.8, 4) is 6.07 Å². The van der Waals surface area contributed by atoms with Crippen molar-refractivity contribution in [2.45, 2.75) is 31.2 Å². The fraction of sp³-hybridized carbons (Fsp3) is 0.273. The highest BCUT2D eigenvalue weighted by molar-refractivity contribution is 6.47. The third kappa shape index (κ3) is 4.36. The molecule has 7 nitrogen and oxygen atoms in total. The molecular formula is C22H18ClF3N4O3. The minimum Gasteiger partial charge on any atom is -0.340 e. The Hall–Kier alpha value is -3.58. The number of anilines is 1. The van der Waals surface area contributed by atoms with Crippen LogP contribution in [-0.4, -0.2) is 33.6 Å². The lowest BCUT2D eigenvalue weighted by atomic mass is 9.73. The molecule has 0 radical (unpaired) electrons. The summed E-state index contributed by atoms with van der Waals surface area (Å²) in [4.78, 5) is 38.2. The minimum absolute atomic E-state index is 0.0624. The maximum absolute atomic E-state index is 13.5. The molecule has 3 rings (SSSR count). The van der Waals surface area contributed by atoms with Gasteiger partial charge in [-0.15, -0.1) is 6.58 Å². The van der Waals surface area contributed by atoms with Crippen LogP contribution in [-0.2, 0) is 11.8 Å². The van der Waals surface area contributed by atoms with Crippen molar-refractivity contribution in [2.24, 2.45) is 7.05 Å². The number of nitriles is 1. The Bertz CT molecular complexity index is 1240. The number of aromatic nitrogens is 1. The zero-order chi connectivity index (χ0) is 24.7. The monoisotopic (exact) mass is 478 g/mol. The standard InChI is InChI=1S/C22H18ClF3N4O3/c1-4-21(9-22(25,26)10-21)29-20(33)17(31)15-11(2)16(30(3)18(15)23)19(32)28-13-5-6-14(24)12(7-13)8-27/h4-7H,1,9-10H2,2-3H3,(H,28,32)(H,29,33). The average Bonchev–Trinajstić information content (AvgIpc) is 2.95. The molecule has 1 aliphatic rings. The van der Waals surface area contributed by atoms with Gasteiger partial charge in [-0.3, -0.25) is 14.4 Å². The number of rotatable bonds is 6. The molecule has 2 aromatic rings. The van der Waals surface area contributed by atoms with Gasteiger partial charge in [-0.05, 0) is 30.7 Å². The Kier molecular flexibility index (Phi) is 6.13. The van der Waals surface area contributed by atoms with Crippen LogP contribution < -0.4 is 10.6 Å². The maximum Gasteiger partial charge on any atom is 0.293 e. The molecule has 1 heterocycles. The smallest absolute Gasteiger partial charge is 0.293 e. The summed E-state index contributed by atoms with van der Waals surface area (Å²) in [6.07, 6.45) is -0.202. The van der Waals surface area contributed by atoms with Crippen molar-refractivity contribution in [2.75, 3.05) is 5.32 Å². The van der Waals surface area contributed by atoms with Gasteiger partial charge in [0.2, 0.25) is 0 Å². The molecule has 2 N–H and O–H groups in total. The number of nitrogens with one attached hydrogen (secondary N) is 2. The minimum atomic E-state index is -2.97. The number of hydrogen-bond acceptors (Lipinski definition) is 4. The Balaban J connectivity index is 1.86. The summed E-state index contributed by atoms with van der Waals surface area (Å²) < 4.78 is 41.3. The molecule has 0 atom stereocenters. The van der Waals surface area contributed by atoms with Crippen molar-refractivity contribution in [1.82, 2.24) is 9.88 Å². The summed E-state index contributed by atoms with van der Waals surface area (Å²) in [5, 5.41) is 13.5. The molecule has 0 spiro atoms. The molecule has 1 aromatic carbocycles. The van der Waals surface area contributed by atoms with Crippen LogP contribution in [0.4, 0.5) is 18.9 Å². The first kappa shape index (κ1) is 24.1. The van der Waals surface area contributed by atoms with E-state index in [9.17, 15) is 27.6 Å². The van der Waals surface area contributed by atoms with Crippen LogP contribution in [0.1, 0.15) is 44.8 Å². The fourth-order valence-corrected chi connectivity index (χ4v) is 4.12. The number of hydrogen-bond donors (Lipinski definition) is 2. The van der Waals surface area contributed by atoms with Gasteiger partial charge in [-0.25, -0.2) is 13.2 Å². The summed E-state index contributed by atoms with van der Waals surface area (Å²) in [6, 6.07) is 5.05. The molecule has 1 saturated carbocycles. The van der Waals surface area contributed by atoms with E-state index >= 15 is 0 Å². The molecule has 11 heteroatoms. The summed E-state index contributed by atoms with van der Waals surface area (Å²) in [6.45, 7) is 4.85. The second kappa shape index (κ2) is 8.41. The molecule has 2 amide bonds. The van der Waals surface area contributed by atoms with Crippen LogP contribution in [0.15, 0.2) is 30.9 Å². The van der Waals surface area contributed by atoms with E-state index in [-0.39, 0.29) is 33.2 Å². The topological polar surface area (TPSA) is 104 Å². The van der Waals surface area contributed by atoms with E-state index in [1.807, 2.05) is 0 Å². The van der Waals surface area contributed by atoms with Gasteiger partial charge in [-0.1, -0.05) is 17.7 Å². The van der Waals surface area contributed by atoms with Gasteiger partial charge in [-0.2, -0.15) is 5.26 Å². The Morgan fingerprint density at radius 3 is 2.48 bits per heavy atom. The number of carbonyl (C=O) groups excluding carboxylic acids is 3. The van der Waals surface area contributed by atoms with Crippen molar-refractivity contribution in [3.05, 3.63) is 64.2 Å². The number of amides is 2. The fourth-order valence-electron chi connectivity index (χ4n) is 3.81. The summed E-state index contributed by atoms with van der Waals surface area (Å²) in [5.74, 6) is -6.72. The van der Waals surface area contributed by atoms with Crippen molar-refractivity contribution < 1.29 is 27.6 Å². The molecule has 172 valence electrons. The summed E-state index contributed by atoms with van der Waals surface area (Å²) in [7, 11) is 1.39. The number of ketones is 1. The first-order valence-electron chi connectivity index (χ1n) is 9.59. The van der Waals surface area contributed by atoms with E-state index in [2.05, 4.69) is 17.2 Å². The van der Waals surface area contributed by atoms with E-state index in [0.29, 0.717) is 0 Å². The van der Waals surface area contributed by atoms with Gasteiger partial charge >= 0.3 is 0 Å². The lowest BCUT2D eigenvalue weighted by Gasteiger charge is -2.45. The van der Waals surface area contributed by atoms with Crippen molar-refractivity contribution in [1.29, 1.82) is 5.26 Å². The second-order valence-electron chi connectivity index (χ2n) is 7.81. The number of benzene rings is 1. The van der Waals surface area contributed by atoms with Crippen LogP contribution in [0.5, 0.6) is 0 Å². The van der Waals surface area contributed by atoms with Crippen LogP contribution in [0.25, 0.3) is 0 Å². The van der Waals surface area contributed by atoms with Gasteiger partial charge < -0.3 is 15.2 Å². The van der Waals surface area contributed by atoms with Crippen LogP contribution in [0.2, 0.25) is 5.15 Å². The Morgan fingerprint density at radius 1 is 1.30 bits per heavy atom. The normalized spacial score (nSPS) is 15.7. The highest BCUT2D eigenvalue weighted by atomic mass is 35.5. The number of carbonyl (C=O) groups is 3. The van der Waals surface area contributed by atoms with Crippen molar-refractivity contribution in [3.63, 3.8) is 0 Å². The van der Waals surface area contributed by atoms with Gasteiger partial charge in [0, 0.05) is 25.6 Å². The molecule has 0 bridgehead atoms. The summed E-state index contributed by atoms with van der Waals surface area (Å²) >= 11 is 6.22. The van der Waals surface area contributed by atoms with Gasteiger partial charge in [0.25, 0.3) is 23.5 Å². The van der Waals surface area contributed by atoms with Crippen molar-refractivity contribution >= 4 is 34.9 Å². The van der Waals surface area contributed by atoms with Gasteiger partial charge in [0.05, 0.1) is 16.7 Å². The Labute approximate surface area is 191 Å². The third-order valence-corrected chi connectivity index (χ3v) is 5.90. The highest BCUT2D eigenvalue weighted by Gasteiger charge is 2.56. The largest absolute Gasteiger partial charge is 0.340 e. The predicted molar refractivity (Wildman–Crippen MR) is 114 cm³/mol. The molecule has 0 unspecified atom stereocenters. The molecule has 33 heavy (non-hydrogen) atoms. The highest BCUT2D eigenvalue weighted by Crippen LogP contribution is 2.46. The van der Waals surface area contributed by atoms with Crippen LogP contribution >= 0.6 is 11.6 Å². The zero-order valence-corrected chi connectivity index (χ0v) is 18.3. The molecule has 0 aliphatic heterocycles. The first-order valence-corrected chi connectivity index (χ1v) is 9.96. The average molecular weight is 479 g/mol. The predicted octanol–water partition coefficient (Wildman–Crippen LogP) is 3.90. The molecule has 1 fully saturated rings. The molecule has 1 aromatic heterocycles. The first-order chi connectivity index (χ1) is 15.3. The quantitative estimate of drug-likeness (QED) is 0.373. The van der Waals surface area contributed by atoms with Gasteiger partial charge in [0.1, 0.15) is 22.7 Å². The molecule has 0 saturated heterocycles. The van der Waals surface area contributed by atoms with Crippen LogP contribution in [0, 0.1) is 24.1 Å². The lowest BCUT2D eigenvalue weighted by Crippen LogP contribution is -2.62. The summed E-state index contributed by atoms with van der Waals surface area (Å²) in [5.41, 5.74) is -1.81. The molecular weight excluding hydrogens is 461 g/mol. The maximum atomic E-state index is 13.5. The van der Waals surface area contributed by atoms with E-state index in [1.54, 1.807) is 6.07 Å². The molecule has 1 aliphatic carbocycles. The van der Waals surface area contributed by atoms with Crippen LogP contribution in [0.3, 0.4) is 0 Å². The third-order valence-electron chi connectivity index (χ3n) is 5.46. The lowest BCUT2D eigenvalue weighted by molar-refractivity contribution is -0.135. The number of Topliss-reactive ketones (excluding diaryl/α,β-unsaturated/α-hetero) is 1. The number of alkyl halides is 2. The van der Waals surface area contributed by atoms with Gasteiger partial charge in [0.15, 0.2) is 0 Å². The number of halogens is 4.